The third-order valence-electron chi connectivity index (χ3n) is 6.93. The highest BCUT2D eigenvalue weighted by Crippen LogP contribution is 2.39. The van der Waals surface area contributed by atoms with Gasteiger partial charge >= 0.3 is 6.18 Å². The van der Waals surface area contributed by atoms with Gasteiger partial charge in [-0.25, -0.2) is 0 Å². The molecule has 0 aromatic heterocycles. The molecular weight excluding hydrogens is 453 g/mol. The number of primary amides is 1. The van der Waals surface area contributed by atoms with Gasteiger partial charge in [0.25, 0.3) is 11.8 Å². The van der Waals surface area contributed by atoms with E-state index in [9.17, 15) is 27.6 Å². The van der Waals surface area contributed by atoms with E-state index in [-0.39, 0.29) is 37.2 Å². The molecule has 1 aliphatic heterocycles. The zero-order chi connectivity index (χ0) is 24.5. The van der Waals surface area contributed by atoms with E-state index in [1.54, 1.807) is 0 Å². The standard InChI is InChI=1S/C23H29F3N4O4/c24-23(25,26)17-11-15(7-8-18(17)29-9-10-34-13-19(29)31)28-22(33)20(21(27)32)30(16-5-2-6-16)12-14-3-1-4-14/h7-8,11,14,16,20H,1-6,9-10,12-13H2,(H2,27,32)(H,28,33)/t20-/m1/s1. The number of nitrogens with two attached hydrogens (primary N) is 1. The first-order valence-electron chi connectivity index (χ1n) is 11.6. The Labute approximate surface area is 195 Å². The van der Waals surface area contributed by atoms with Crippen LogP contribution in [-0.4, -0.2) is 61.0 Å². The first-order valence-corrected chi connectivity index (χ1v) is 11.6. The zero-order valence-electron chi connectivity index (χ0n) is 18.8. The number of carbonyl (C=O) groups is 3. The molecule has 0 unspecified atom stereocenters. The number of nitrogens with zero attached hydrogens (tertiary/aromatic N) is 2. The summed E-state index contributed by atoms with van der Waals surface area (Å²) in [4.78, 5) is 40.4. The van der Waals surface area contributed by atoms with Gasteiger partial charge in [-0.05, 0) is 49.8 Å². The summed E-state index contributed by atoms with van der Waals surface area (Å²) < 4.78 is 46.5. The molecule has 0 spiro atoms. The lowest BCUT2D eigenvalue weighted by Gasteiger charge is -2.43. The first-order chi connectivity index (χ1) is 16.1. The SMILES string of the molecule is NC(=O)[C@H](C(=O)Nc1ccc(N2CCOCC2=O)c(C(F)(F)F)c1)N(CC1CCC1)C1CCC1. The summed E-state index contributed by atoms with van der Waals surface area (Å²) in [5.41, 5.74) is 4.13. The van der Waals surface area contributed by atoms with Crippen LogP contribution in [0.3, 0.4) is 0 Å². The minimum atomic E-state index is -4.76. The van der Waals surface area contributed by atoms with Crippen molar-refractivity contribution in [2.75, 3.05) is 36.5 Å². The van der Waals surface area contributed by atoms with Crippen molar-refractivity contribution in [2.24, 2.45) is 11.7 Å². The molecule has 1 atom stereocenters. The number of carbonyl (C=O) groups excluding carboxylic acids is 3. The van der Waals surface area contributed by atoms with Gasteiger partial charge in [0.05, 0.1) is 17.9 Å². The number of anilines is 2. The molecule has 11 heteroatoms. The van der Waals surface area contributed by atoms with E-state index < -0.39 is 35.5 Å². The van der Waals surface area contributed by atoms with E-state index in [4.69, 9.17) is 10.5 Å². The molecule has 3 fully saturated rings. The van der Waals surface area contributed by atoms with Crippen molar-refractivity contribution in [3.05, 3.63) is 23.8 Å². The van der Waals surface area contributed by atoms with Crippen molar-refractivity contribution in [3.63, 3.8) is 0 Å². The van der Waals surface area contributed by atoms with E-state index in [2.05, 4.69) is 5.32 Å². The Morgan fingerprint density at radius 3 is 2.44 bits per heavy atom. The summed E-state index contributed by atoms with van der Waals surface area (Å²) in [7, 11) is 0. The minimum absolute atomic E-state index is 0.00508. The van der Waals surface area contributed by atoms with Gasteiger partial charge in [-0.2, -0.15) is 13.2 Å². The fourth-order valence-electron chi connectivity index (χ4n) is 4.66. The molecule has 2 saturated carbocycles. The third kappa shape index (κ3) is 5.20. The molecule has 1 saturated heterocycles. The second-order valence-corrected chi connectivity index (χ2v) is 9.20. The van der Waals surface area contributed by atoms with Crippen LogP contribution in [-0.2, 0) is 25.3 Å². The number of nitrogens with one attached hydrogen (secondary N) is 1. The van der Waals surface area contributed by atoms with Crippen LogP contribution in [0.5, 0.6) is 0 Å². The maximum absolute atomic E-state index is 13.8. The van der Waals surface area contributed by atoms with Gasteiger partial charge in [-0.1, -0.05) is 12.8 Å². The lowest BCUT2D eigenvalue weighted by atomic mass is 9.82. The molecule has 1 aromatic rings. The van der Waals surface area contributed by atoms with Gasteiger partial charge < -0.3 is 20.7 Å². The fourth-order valence-corrected chi connectivity index (χ4v) is 4.66. The second kappa shape index (κ2) is 9.91. The molecule has 0 radical (unpaired) electrons. The van der Waals surface area contributed by atoms with E-state index >= 15 is 0 Å². The van der Waals surface area contributed by atoms with Crippen molar-refractivity contribution in [1.82, 2.24) is 4.90 Å². The number of amides is 3. The lowest BCUT2D eigenvalue weighted by Crippen LogP contribution is -2.58. The Kier molecular flexibility index (Phi) is 7.13. The Balaban J connectivity index is 1.57. The normalized spacial score (nSPS) is 20.6. The molecule has 3 aliphatic rings. The molecule has 0 bridgehead atoms. The fraction of sp³-hybridized carbons (Fsp3) is 0.609. The van der Waals surface area contributed by atoms with Crippen LogP contribution in [0.15, 0.2) is 18.2 Å². The predicted molar refractivity (Wildman–Crippen MR) is 118 cm³/mol. The highest BCUT2D eigenvalue weighted by molar-refractivity contribution is 6.09. The van der Waals surface area contributed by atoms with Gasteiger partial charge in [0.15, 0.2) is 6.04 Å². The highest BCUT2D eigenvalue weighted by atomic mass is 19.4. The summed E-state index contributed by atoms with van der Waals surface area (Å²) in [5, 5.41) is 2.46. The Morgan fingerprint density at radius 2 is 1.91 bits per heavy atom. The van der Waals surface area contributed by atoms with Gasteiger partial charge in [0, 0.05) is 24.8 Å². The quantitative estimate of drug-likeness (QED) is 0.554. The minimum Gasteiger partial charge on any atom is -0.370 e. The average molecular weight is 483 g/mol. The molecule has 3 amide bonds. The van der Waals surface area contributed by atoms with E-state index in [1.165, 1.54) is 6.07 Å². The number of hydrogen-bond acceptors (Lipinski definition) is 5. The van der Waals surface area contributed by atoms with E-state index in [0.29, 0.717) is 12.5 Å². The number of benzene rings is 1. The van der Waals surface area contributed by atoms with Crippen LogP contribution in [0.4, 0.5) is 24.5 Å². The average Bonchev–Trinajstić information content (AvgIpc) is 2.69. The summed E-state index contributed by atoms with van der Waals surface area (Å²) >= 11 is 0. The van der Waals surface area contributed by atoms with Crippen molar-refractivity contribution < 1.29 is 32.3 Å². The molecule has 8 nitrogen and oxygen atoms in total. The summed E-state index contributed by atoms with van der Waals surface area (Å²) in [6, 6.07) is 2.03. The van der Waals surface area contributed by atoms with Gasteiger partial charge in [0.1, 0.15) is 6.61 Å². The number of morpholine rings is 1. The van der Waals surface area contributed by atoms with Crippen molar-refractivity contribution in [2.45, 2.75) is 56.8 Å². The lowest BCUT2D eigenvalue weighted by molar-refractivity contribution is -0.138. The molecule has 186 valence electrons. The Morgan fingerprint density at radius 1 is 1.21 bits per heavy atom. The van der Waals surface area contributed by atoms with Crippen molar-refractivity contribution in [1.29, 1.82) is 0 Å². The largest absolute Gasteiger partial charge is 0.418 e. The molecule has 1 aromatic carbocycles. The maximum Gasteiger partial charge on any atom is 0.418 e. The molecule has 3 N–H and O–H groups in total. The predicted octanol–water partition coefficient (Wildman–Crippen LogP) is 2.52. The molecule has 34 heavy (non-hydrogen) atoms. The molecular formula is C23H29F3N4O4. The zero-order valence-corrected chi connectivity index (χ0v) is 18.8. The van der Waals surface area contributed by atoms with Gasteiger partial charge in [-0.3, -0.25) is 19.3 Å². The Hall–Kier alpha value is -2.66. The molecule has 4 rings (SSSR count). The highest BCUT2D eigenvalue weighted by Gasteiger charge is 2.41. The van der Waals surface area contributed by atoms with Crippen LogP contribution in [0.2, 0.25) is 0 Å². The second-order valence-electron chi connectivity index (χ2n) is 9.20. The Bertz CT molecular complexity index is 947. The van der Waals surface area contributed by atoms with E-state index in [0.717, 1.165) is 55.6 Å². The number of ether oxygens (including phenoxy) is 1. The van der Waals surface area contributed by atoms with Crippen LogP contribution in [0.1, 0.15) is 44.1 Å². The molecule has 2 aliphatic carbocycles. The number of halogens is 3. The maximum atomic E-state index is 13.8. The summed E-state index contributed by atoms with van der Waals surface area (Å²) in [6.45, 7) is 0.389. The van der Waals surface area contributed by atoms with Crippen LogP contribution < -0.4 is 16.0 Å². The van der Waals surface area contributed by atoms with Crippen molar-refractivity contribution in [3.8, 4) is 0 Å². The summed E-state index contributed by atoms with van der Waals surface area (Å²) in [6.07, 6.45) is 1.08. The van der Waals surface area contributed by atoms with Gasteiger partial charge in [-0.15, -0.1) is 0 Å². The number of rotatable bonds is 8. The van der Waals surface area contributed by atoms with Crippen LogP contribution in [0.25, 0.3) is 0 Å². The number of hydrogen-bond donors (Lipinski definition) is 2. The summed E-state index contributed by atoms with van der Waals surface area (Å²) in [5.74, 6) is -1.76. The topological polar surface area (TPSA) is 105 Å². The smallest absolute Gasteiger partial charge is 0.370 e. The monoisotopic (exact) mass is 482 g/mol. The van der Waals surface area contributed by atoms with E-state index in [1.807, 2.05) is 4.90 Å². The van der Waals surface area contributed by atoms with Gasteiger partial charge in [0.2, 0.25) is 5.91 Å². The van der Waals surface area contributed by atoms with Crippen LogP contribution >= 0.6 is 0 Å². The van der Waals surface area contributed by atoms with Crippen LogP contribution in [0, 0.1) is 5.92 Å². The number of alkyl halides is 3. The molecule has 1 heterocycles. The third-order valence-corrected chi connectivity index (χ3v) is 6.93. The first kappa shape index (κ1) is 24.5. The van der Waals surface area contributed by atoms with Crippen molar-refractivity contribution >= 4 is 29.1 Å².